The number of amides is 1. The highest BCUT2D eigenvalue weighted by molar-refractivity contribution is 5.76. The molecule has 0 radical (unpaired) electrons. The van der Waals surface area contributed by atoms with E-state index in [0.29, 0.717) is 32.0 Å². The van der Waals surface area contributed by atoms with E-state index in [1.54, 1.807) is 13.3 Å². The summed E-state index contributed by atoms with van der Waals surface area (Å²) in [5, 5.41) is 0. The molecular formula is C21H24N4O3. The average molecular weight is 380 g/mol. The minimum Gasteiger partial charge on any atom is -0.481 e. The summed E-state index contributed by atoms with van der Waals surface area (Å²) in [4.78, 5) is 23.2. The van der Waals surface area contributed by atoms with Crippen molar-refractivity contribution in [1.29, 1.82) is 0 Å². The number of pyridine rings is 2. The number of rotatable bonds is 5. The predicted molar refractivity (Wildman–Crippen MR) is 105 cm³/mol. The normalized spacial score (nSPS) is 17.1. The molecule has 7 nitrogen and oxygen atoms in total. The van der Waals surface area contributed by atoms with Crippen LogP contribution < -0.4 is 4.74 Å². The van der Waals surface area contributed by atoms with Crippen molar-refractivity contribution in [3.63, 3.8) is 0 Å². The molecule has 1 amide bonds. The van der Waals surface area contributed by atoms with E-state index in [1.165, 1.54) is 0 Å². The molecule has 1 aliphatic heterocycles. The van der Waals surface area contributed by atoms with Gasteiger partial charge < -0.3 is 14.4 Å². The van der Waals surface area contributed by atoms with E-state index in [-0.39, 0.29) is 12.0 Å². The van der Waals surface area contributed by atoms with E-state index in [0.717, 1.165) is 29.0 Å². The summed E-state index contributed by atoms with van der Waals surface area (Å²) >= 11 is 0. The lowest BCUT2D eigenvalue weighted by molar-refractivity contribution is -0.139. The molecule has 1 aliphatic rings. The number of carbonyl (C=O) groups is 1. The first-order chi connectivity index (χ1) is 13.7. The van der Waals surface area contributed by atoms with Crippen LogP contribution in [-0.4, -0.2) is 52.0 Å². The quantitative estimate of drug-likeness (QED) is 0.680. The molecule has 0 aromatic carbocycles. The third kappa shape index (κ3) is 3.57. The second kappa shape index (κ2) is 7.98. The Kier molecular flexibility index (Phi) is 5.25. The van der Waals surface area contributed by atoms with Crippen LogP contribution in [0.15, 0.2) is 42.7 Å². The smallest absolute Gasteiger partial charge is 0.222 e. The highest BCUT2D eigenvalue weighted by Gasteiger charge is 2.27. The van der Waals surface area contributed by atoms with E-state index in [1.807, 2.05) is 52.8 Å². The van der Waals surface area contributed by atoms with Crippen LogP contribution in [0.5, 0.6) is 5.88 Å². The molecule has 0 saturated carbocycles. The molecule has 1 atom stereocenters. The summed E-state index contributed by atoms with van der Waals surface area (Å²) in [5.74, 6) is 0.763. The zero-order valence-electron chi connectivity index (χ0n) is 16.2. The highest BCUT2D eigenvalue weighted by Crippen LogP contribution is 2.26. The molecule has 0 unspecified atom stereocenters. The van der Waals surface area contributed by atoms with Gasteiger partial charge in [-0.3, -0.25) is 9.20 Å². The van der Waals surface area contributed by atoms with Gasteiger partial charge in [0.15, 0.2) is 0 Å². The molecule has 4 rings (SSSR count). The topological polar surface area (TPSA) is 69.0 Å². The van der Waals surface area contributed by atoms with Crippen molar-refractivity contribution in [1.82, 2.24) is 19.3 Å². The van der Waals surface area contributed by atoms with Crippen molar-refractivity contribution in [2.45, 2.75) is 25.9 Å². The van der Waals surface area contributed by atoms with Gasteiger partial charge in [0.25, 0.3) is 0 Å². The molecule has 0 N–H and O–H groups in total. The molecule has 0 bridgehead atoms. The second-order valence-corrected chi connectivity index (χ2v) is 6.84. The Morgan fingerprint density at radius 1 is 1.32 bits per heavy atom. The summed E-state index contributed by atoms with van der Waals surface area (Å²) in [6.07, 6.45) is 5.00. The van der Waals surface area contributed by atoms with Gasteiger partial charge in [-0.2, -0.15) is 0 Å². The Labute approximate surface area is 163 Å². The first kappa shape index (κ1) is 18.4. The van der Waals surface area contributed by atoms with Crippen LogP contribution in [0.2, 0.25) is 0 Å². The molecule has 3 aromatic rings. The first-order valence-electron chi connectivity index (χ1n) is 9.57. The third-order valence-corrected chi connectivity index (χ3v) is 4.96. The molecule has 146 valence electrons. The number of imidazole rings is 1. The second-order valence-electron chi connectivity index (χ2n) is 6.84. The standard InChI is InChI=1S/C21H24N4O3/c1-3-5-21(26)24-10-11-28-18(14-24)16-13-25-17(6-4-7-19(25)23-16)15-8-9-20(27-2)22-12-15/h4,6-9,12-13,18H,3,5,10-11,14H2,1-2H3/t18-/m0/s1. The predicted octanol–water partition coefficient (Wildman–Crippen LogP) is 3.10. The van der Waals surface area contributed by atoms with Gasteiger partial charge in [-0.05, 0) is 24.6 Å². The Morgan fingerprint density at radius 2 is 2.21 bits per heavy atom. The Hall–Kier alpha value is -2.93. The van der Waals surface area contributed by atoms with E-state index in [9.17, 15) is 4.79 Å². The number of nitrogens with zero attached hydrogens (tertiary/aromatic N) is 4. The molecule has 1 saturated heterocycles. The van der Waals surface area contributed by atoms with Gasteiger partial charge in [-0.25, -0.2) is 9.97 Å². The van der Waals surface area contributed by atoms with Crippen LogP contribution in [0.1, 0.15) is 31.6 Å². The summed E-state index contributed by atoms with van der Waals surface area (Å²) in [6.45, 7) is 3.74. The molecule has 28 heavy (non-hydrogen) atoms. The molecule has 0 spiro atoms. The van der Waals surface area contributed by atoms with Gasteiger partial charge in [0.1, 0.15) is 11.8 Å². The van der Waals surface area contributed by atoms with Crippen molar-refractivity contribution in [2.24, 2.45) is 0 Å². The maximum absolute atomic E-state index is 12.3. The summed E-state index contributed by atoms with van der Waals surface area (Å²) in [6, 6.07) is 9.79. The lowest BCUT2D eigenvalue weighted by atomic mass is 10.2. The fourth-order valence-corrected chi connectivity index (χ4v) is 3.50. The zero-order valence-corrected chi connectivity index (χ0v) is 16.2. The fourth-order valence-electron chi connectivity index (χ4n) is 3.50. The maximum Gasteiger partial charge on any atom is 0.222 e. The SMILES string of the molecule is CCCC(=O)N1CCO[C@H](c2cn3c(-c4ccc(OC)nc4)cccc3n2)C1. The Balaban J connectivity index is 1.63. The number of hydrogen-bond acceptors (Lipinski definition) is 5. The summed E-state index contributed by atoms with van der Waals surface area (Å²) < 4.78 is 13.1. The number of hydrogen-bond donors (Lipinski definition) is 0. The number of morpholine rings is 1. The van der Waals surface area contributed by atoms with Crippen molar-refractivity contribution >= 4 is 11.6 Å². The van der Waals surface area contributed by atoms with Gasteiger partial charge in [0.2, 0.25) is 11.8 Å². The van der Waals surface area contributed by atoms with Crippen molar-refractivity contribution in [3.05, 3.63) is 48.4 Å². The summed E-state index contributed by atoms with van der Waals surface area (Å²) in [7, 11) is 1.60. The number of methoxy groups -OCH3 is 1. The van der Waals surface area contributed by atoms with E-state index >= 15 is 0 Å². The van der Waals surface area contributed by atoms with Gasteiger partial charge >= 0.3 is 0 Å². The van der Waals surface area contributed by atoms with Gasteiger partial charge in [0, 0.05) is 37.0 Å². The van der Waals surface area contributed by atoms with Crippen molar-refractivity contribution in [2.75, 3.05) is 26.8 Å². The molecular weight excluding hydrogens is 356 g/mol. The van der Waals surface area contributed by atoms with Crippen molar-refractivity contribution < 1.29 is 14.3 Å². The van der Waals surface area contributed by atoms with Crippen LogP contribution in [0.25, 0.3) is 16.9 Å². The van der Waals surface area contributed by atoms with E-state index in [2.05, 4.69) is 4.98 Å². The van der Waals surface area contributed by atoms with Crippen LogP contribution in [0.4, 0.5) is 0 Å². The lowest BCUT2D eigenvalue weighted by Gasteiger charge is -2.32. The van der Waals surface area contributed by atoms with Crippen LogP contribution in [0.3, 0.4) is 0 Å². The van der Waals surface area contributed by atoms with Crippen LogP contribution in [-0.2, 0) is 9.53 Å². The number of ether oxygens (including phenoxy) is 2. The fraction of sp³-hybridized carbons (Fsp3) is 0.381. The molecule has 7 heteroatoms. The minimum atomic E-state index is -0.212. The number of carbonyl (C=O) groups excluding carboxylic acids is 1. The minimum absolute atomic E-state index is 0.185. The Morgan fingerprint density at radius 3 is 2.96 bits per heavy atom. The van der Waals surface area contributed by atoms with Gasteiger partial charge in [-0.15, -0.1) is 0 Å². The van der Waals surface area contributed by atoms with Crippen LogP contribution in [0, 0.1) is 0 Å². The number of fused-ring (bicyclic) bond motifs is 1. The molecule has 3 aromatic heterocycles. The van der Waals surface area contributed by atoms with E-state index in [4.69, 9.17) is 14.5 Å². The average Bonchev–Trinajstić information content (AvgIpc) is 3.18. The number of aromatic nitrogens is 3. The monoisotopic (exact) mass is 380 g/mol. The molecule has 0 aliphatic carbocycles. The lowest BCUT2D eigenvalue weighted by Crippen LogP contribution is -2.42. The van der Waals surface area contributed by atoms with Crippen molar-refractivity contribution in [3.8, 4) is 17.1 Å². The van der Waals surface area contributed by atoms with Gasteiger partial charge in [0.05, 0.1) is 31.6 Å². The van der Waals surface area contributed by atoms with E-state index < -0.39 is 0 Å². The zero-order chi connectivity index (χ0) is 19.5. The van der Waals surface area contributed by atoms with Crippen LogP contribution >= 0.6 is 0 Å². The summed E-state index contributed by atoms with van der Waals surface area (Å²) in [5.41, 5.74) is 3.63. The van der Waals surface area contributed by atoms with Gasteiger partial charge in [-0.1, -0.05) is 13.0 Å². The molecule has 1 fully saturated rings. The largest absolute Gasteiger partial charge is 0.481 e. The Bertz CT molecular complexity index is 967. The first-order valence-corrected chi connectivity index (χ1v) is 9.57. The highest BCUT2D eigenvalue weighted by atomic mass is 16.5. The third-order valence-electron chi connectivity index (χ3n) is 4.96. The molecule has 4 heterocycles. The maximum atomic E-state index is 12.3.